The van der Waals surface area contributed by atoms with E-state index in [0.29, 0.717) is 5.56 Å². The number of rotatable bonds is 5. The van der Waals surface area contributed by atoms with Gasteiger partial charge in [0.25, 0.3) is 0 Å². The molecule has 4 nitrogen and oxygen atoms in total. The quantitative estimate of drug-likeness (QED) is 0.876. The van der Waals surface area contributed by atoms with Crippen molar-refractivity contribution in [2.24, 2.45) is 5.92 Å². The number of benzene rings is 1. The maximum absolute atomic E-state index is 12.8. The van der Waals surface area contributed by atoms with Gasteiger partial charge in [0.15, 0.2) is 0 Å². The van der Waals surface area contributed by atoms with Crippen molar-refractivity contribution in [3.05, 3.63) is 35.6 Å². The Hall–Kier alpha value is -1.91. The van der Waals surface area contributed by atoms with Gasteiger partial charge in [0, 0.05) is 0 Å². The number of carboxylic acid groups (broad SMARTS) is 1. The second-order valence-corrected chi connectivity index (χ2v) is 5.58. The van der Waals surface area contributed by atoms with Gasteiger partial charge in [0.2, 0.25) is 5.91 Å². The molecular weight excluding hydrogens is 273 g/mol. The van der Waals surface area contributed by atoms with Crippen LogP contribution in [0.2, 0.25) is 0 Å². The number of hydrogen-bond donors (Lipinski definition) is 2. The first-order valence-electron chi connectivity index (χ1n) is 7.33. The third-order valence-electron chi connectivity index (χ3n) is 3.98. The van der Waals surface area contributed by atoms with Crippen LogP contribution >= 0.6 is 0 Å². The van der Waals surface area contributed by atoms with E-state index in [1.807, 2.05) is 0 Å². The summed E-state index contributed by atoms with van der Waals surface area (Å²) in [6, 6.07) is 4.83. The lowest BCUT2D eigenvalue weighted by Gasteiger charge is -2.28. The molecule has 114 valence electrons. The van der Waals surface area contributed by atoms with Crippen LogP contribution in [0.15, 0.2) is 24.3 Å². The maximum Gasteiger partial charge on any atom is 0.326 e. The lowest BCUT2D eigenvalue weighted by Crippen LogP contribution is -2.47. The summed E-state index contributed by atoms with van der Waals surface area (Å²) in [4.78, 5) is 23.4. The van der Waals surface area contributed by atoms with Crippen molar-refractivity contribution in [1.29, 1.82) is 0 Å². The molecular formula is C16H20FNO3. The van der Waals surface area contributed by atoms with Crippen LogP contribution in [0.1, 0.15) is 37.7 Å². The number of halogens is 1. The van der Waals surface area contributed by atoms with Gasteiger partial charge in [-0.1, -0.05) is 31.4 Å². The highest BCUT2D eigenvalue weighted by molar-refractivity contribution is 5.85. The number of carbonyl (C=O) groups is 2. The molecule has 1 aromatic carbocycles. The topological polar surface area (TPSA) is 66.4 Å². The number of hydrogen-bond acceptors (Lipinski definition) is 2. The fourth-order valence-electron chi connectivity index (χ4n) is 2.86. The number of nitrogens with one attached hydrogen (secondary N) is 1. The molecule has 1 aromatic rings. The average molecular weight is 293 g/mol. The van der Waals surface area contributed by atoms with E-state index in [-0.39, 0.29) is 24.1 Å². The first kappa shape index (κ1) is 15.5. The van der Waals surface area contributed by atoms with Gasteiger partial charge in [-0.05, 0) is 36.5 Å². The molecule has 21 heavy (non-hydrogen) atoms. The highest BCUT2D eigenvalue weighted by Gasteiger charge is 2.30. The van der Waals surface area contributed by atoms with E-state index in [4.69, 9.17) is 0 Å². The molecule has 0 heterocycles. The molecule has 0 saturated heterocycles. The second-order valence-electron chi connectivity index (χ2n) is 5.58. The largest absolute Gasteiger partial charge is 0.480 e. The number of aliphatic carboxylic acids is 1. The van der Waals surface area contributed by atoms with Gasteiger partial charge < -0.3 is 10.4 Å². The van der Waals surface area contributed by atoms with Gasteiger partial charge in [0.05, 0.1) is 6.42 Å². The van der Waals surface area contributed by atoms with E-state index >= 15 is 0 Å². The Morgan fingerprint density at radius 2 is 1.81 bits per heavy atom. The van der Waals surface area contributed by atoms with Gasteiger partial charge in [-0.3, -0.25) is 4.79 Å². The SMILES string of the molecule is O=C(Cc1ccc(F)cc1)N[C@@H](C(=O)O)C1CCCCC1. The minimum absolute atomic E-state index is 0.00779. The van der Waals surface area contributed by atoms with Crippen LogP contribution < -0.4 is 5.32 Å². The summed E-state index contributed by atoms with van der Waals surface area (Å²) in [5.74, 6) is -1.66. The van der Waals surface area contributed by atoms with E-state index in [9.17, 15) is 19.1 Å². The van der Waals surface area contributed by atoms with Gasteiger partial charge in [-0.15, -0.1) is 0 Å². The Bertz CT molecular complexity index is 495. The summed E-state index contributed by atoms with van der Waals surface area (Å²) in [6.07, 6.45) is 4.91. The monoisotopic (exact) mass is 293 g/mol. The molecule has 2 N–H and O–H groups in total. The van der Waals surface area contributed by atoms with Crippen molar-refractivity contribution >= 4 is 11.9 Å². The second kappa shape index (κ2) is 7.20. The third kappa shape index (κ3) is 4.55. The van der Waals surface area contributed by atoms with Crippen LogP contribution in [-0.4, -0.2) is 23.0 Å². The van der Waals surface area contributed by atoms with Crippen molar-refractivity contribution in [1.82, 2.24) is 5.32 Å². The fraction of sp³-hybridized carbons (Fsp3) is 0.500. The molecule has 0 unspecified atom stereocenters. The molecule has 1 aliphatic rings. The first-order chi connectivity index (χ1) is 10.1. The summed E-state index contributed by atoms with van der Waals surface area (Å²) in [5, 5.41) is 11.9. The normalized spacial score (nSPS) is 17.2. The molecule has 0 aliphatic heterocycles. The van der Waals surface area contributed by atoms with Crippen LogP contribution in [-0.2, 0) is 16.0 Å². The Labute approximate surface area is 123 Å². The Kier molecular flexibility index (Phi) is 5.31. The van der Waals surface area contributed by atoms with Gasteiger partial charge in [-0.2, -0.15) is 0 Å². The van der Waals surface area contributed by atoms with Crippen molar-refractivity contribution in [2.45, 2.75) is 44.6 Å². The molecule has 2 rings (SSSR count). The molecule has 1 atom stereocenters. The predicted octanol–water partition coefficient (Wildman–Crippen LogP) is 2.52. The summed E-state index contributed by atoms with van der Waals surface area (Å²) in [6.45, 7) is 0. The van der Waals surface area contributed by atoms with E-state index in [1.54, 1.807) is 0 Å². The number of carbonyl (C=O) groups excluding carboxylic acids is 1. The molecule has 1 aliphatic carbocycles. The zero-order chi connectivity index (χ0) is 15.2. The van der Waals surface area contributed by atoms with E-state index in [0.717, 1.165) is 32.1 Å². The smallest absolute Gasteiger partial charge is 0.326 e. The third-order valence-corrected chi connectivity index (χ3v) is 3.98. The predicted molar refractivity (Wildman–Crippen MR) is 76.2 cm³/mol. The van der Waals surface area contributed by atoms with Crippen molar-refractivity contribution in [2.75, 3.05) is 0 Å². The Morgan fingerprint density at radius 3 is 2.38 bits per heavy atom. The Morgan fingerprint density at radius 1 is 1.19 bits per heavy atom. The minimum Gasteiger partial charge on any atom is -0.480 e. The molecule has 1 fully saturated rings. The van der Waals surface area contributed by atoms with Crippen LogP contribution in [0.3, 0.4) is 0 Å². The lowest BCUT2D eigenvalue weighted by molar-refractivity contribution is -0.143. The highest BCUT2D eigenvalue weighted by atomic mass is 19.1. The van der Waals surface area contributed by atoms with E-state index < -0.39 is 12.0 Å². The average Bonchev–Trinajstić information content (AvgIpc) is 2.48. The zero-order valence-electron chi connectivity index (χ0n) is 11.8. The fourth-order valence-corrected chi connectivity index (χ4v) is 2.86. The van der Waals surface area contributed by atoms with Crippen LogP contribution in [0.25, 0.3) is 0 Å². The number of amides is 1. The first-order valence-corrected chi connectivity index (χ1v) is 7.33. The standard InChI is InChI=1S/C16H20FNO3/c17-13-8-6-11(7-9-13)10-14(19)18-15(16(20)21)12-4-2-1-3-5-12/h6-9,12,15H,1-5,10H2,(H,18,19)(H,20,21)/t15-/m1/s1. The van der Waals surface area contributed by atoms with Crippen LogP contribution in [0, 0.1) is 11.7 Å². The summed E-state index contributed by atoms with van der Waals surface area (Å²) >= 11 is 0. The summed E-state index contributed by atoms with van der Waals surface area (Å²) < 4.78 is 12.8. The Balaban J connectivity index is 1.94. The van der Waals surface area contributed by atoms with E-state index in [1.165, 1.54) is 24.3 Å². The highest BCUT2D eigenvalue weighted by Crippen LogP contribution is 2.26. The maximum atomic E-state index is 12.8. The molecule has 1 amide bonds. The molecule has 0 radical (unpaired) electrons. The van der Waals surface area contributed by atoms with Gasteiger partial charge in [-0.25, -0.2) is 9.18 Å². The zero-order valence-corrected chi connectivity index (χ0v) is 11.8. The van der Waals surface area contributed by atoms with Crippen molar-refractivity contribution in [3.8, 4) is 0 Å². The molecule has 0 spiro atoms. The minimum atomic E-state index is -0.977. The lowest BCUT2D eigenvalue weighted by atomic mass is 9.84. The van der Waals surface area contributed by atoms with Crippen molar-refractivity contribution < 1.29 is 19.1 Å². The molecule has 0 aromatic heterocycles. The summed E-state index contributed by atoms with van der Waals surface area (Å²) in [5.41, 5.74) is 0.668. The van der Waals surface area contributed by atoms with Gasteiger partial charge in [0.1, 0.15) is 11.9 Å². The van der Waals surface area contributed by atoms with Crippen LogP contribution in [0.5, 0.6) is 0 Å². The van der Waals surface area contributed by atoms with E-state index in [2.05, 4.69) is 5.32 Å². The summed E-state index contributed by atoms with van der Waals surface area (Å²) in [7, 11) is 0. The van der Waals surface area contributed by atoms with Gasteiger partial charge >= 0.3 is 5.97 Å². The molecule has 1 saturated carbocycles. The number of carboxylic acids is 1. The van der Waals surface area contributed by atoms with Crippen LogP contribution in [0.4, 0.5) is 4.39 Å². The molecule has 0 bridgehead atoms. The molecule has 5 heteroatoms. The van der Waals surface area contributed by atoms with Crippen molar-refractivity contribution in [3.63, 3.8) is 0 Å².